The third-order valence-electron chi connectivity index (χ3n) is 4.34. The monoisotopic (exact) mass is 378 g/mol. The maximum absolute atomic E-state index is 13.0. The molecule has 1 heterocycles. The van der Waals surface area contributed by atoms with Crippen LogP contribution in [0.2, 0.25) is 0 Å². The third-order valence-corrected chi connectivity index (χ3v) is 5.22. The van der Waals surface area contributed by atoms with Crippen molar-refractivity contribution in [3.05, 3.63) is 87.6 Å². The molecule has 138 valence electrons. The van der Waals surface area contributed by atoms with E-state index >= 15 is 0 Å². The molecule has 0 aliphatic heterocycles. The molecule has 1 atom stereocenters. The Balaban J connectivity index is 1.81. The molecular weight excluding hydrogens is 356 g/mol. The van der Waals surface area contributed by atoms with Gasteiger partial charge in [-0.15, -0.1) is 11.3 Å². The van der Waals surface area contributed by atoms with E-state index in [0.717, 1.165) is 27.3 Å². The van der Waals surface area contributed by atoms with E-state index in [4.69, 9.17) is 0 Å². The number of carbonyl (C=O) groups is 2. The molecular formula is C22H22N2O2S. The number of rotatable bonds is 6. The van der Waals surface area contributed by atoms with E-state index in [0.29, 0.717) is 0 Å². The van der Waals surface area contributed by atoms with Gasteiger partial charge in [0.1, 0.15) is 6.04 Å². The largest absolute Gasteiger partial charge is 0.340 e. The number of carbonyl (C=O) groups excluding carboxylic acids is 2. The van der Waals surface area contributed by atoms with E-state index in [1.165, 1.54) is 11.3 Å². The first-order chi connectivity index (χ1) is 13.0. The van der Waals surface area contributed by atoms with Crippen LogP contribution in [0.1, 0.15) is 27.6 Å². The number of anilines is 1. The third kappa shape index (κ3) is 4.83. The summed E-state index contributed by atoms with van der Waals surface area (Å²) in [6.45, 7) is 3.91. The summed E-state index contributed by atoms with van der Waals surface area (Å²) >= 11 is 1.53. The van der Waals surface area contributed by atoms with Crippen molar-refractivity contribution in [2.75, 3.05) is 5.32 Å². The summed E-state index contributed by atoms with van der Waals surface area (Å²) in [6.07, 6.45) is 0.262. The van der Waals surface area contributed by atoms with Gasteiger partial charge in [0.25, 0.3) is 5.91 Å². The molecule has 4 nitrogen and oxygen atoms in total. The van der Waals surface area contributed by atoms with Crippen LogP contribution in [0, 0.1) is 13.8 Å². The van der Waals surface area contributed by atoms with Crippen LogP contribution in [0.5, 0.6) is 0 Å². The SMILES string of the molecule is Cc1cccc(C)c1NC(=O)[C@H](NC(=O)Cc1cccs1)c1ccccc1. The van der Waals surface area contributed by atoms with Crippen LogP contribution in [-0.2, 0) is 16.0 Å². The van der Waals surface area contributed by atoms with Crippen LogP contribution in [0.15, 0.2) is 66.0 Å². The number of amides is 2. The summed E-state index contributed by atoms with van der Waals surface area (Å²) in [7, 11) is 0. The Hall–Kier alpha value is -2.92. The Morgan fingerprint density at radius 3 is 2.26 bits per heavy atom. The first-order valence-electron chi connectivity index (χ1n) is 8.78. The van der Waals surface area contributed by atoms with Gasteiger partial charge in [0, 0.05) is 10.6 Å². The molecule has 0 fully saturated rings. The van der Waals surface area contributed by atoms with E-state index < -0.39 is 6.04 Å². The summed E-state index contributed by atoms with van der Waals surface area (Å²) in [6, 6.07) is 18.2. The van der Waals surface area contributed by atoms with Gasteiger partial charge in [0.2, 0.25) is 5.91 Å². The molecule has 0 bridgehead atoms. The zero-order valence-corrected chi connectivity index (χ0v) is 16.2. The van der Waals surface area contributed by atoms with Crippen molar-refractivity contribution in [2.24, 2.45) is 0 Å². The lowest BCUT2D eigenvalue weighted by Gasteiger charge is -2.20. The average Bonchev–Trinajstić information content (AvgIpc) is 3.16. The van der Waals surface area contributed by atoms with Crippen LogP contribution in [0.4, 0.5) is 5.69 Å². The second kappa shape index (κ2) is 8.64. The minimum absolute atomic E-state index is 0.178. The van der Waals surface area contributed by atoms with Crippen molar-refractivity contribution in [3.8, 4) is 0 Å². The van der Waals surface area contributed by atoms with E-state index in [-0.39, 0.29) is 18.2 Å². The molecule has 0 unspecified atom stereocenters. The molecule has 2 N–H and O–H groups in total. The van der Waals surface area contributed by atoms with Gasteiger partial charge in [-0.05, 0) is 42.0 Å². The number of hydrogen-bond donors (Lipinski definition) is 2. The summed E-state index contributed by atoms with van der Waals surface area (Å²) in [4.78, 5) is 26.5. The highest BCUT2D eigenvalue weighted by Gasteiger charge is 2.23. The minimum atomic E-state index is -0.752. The van der Waals surface area contributed by atoms with Gasteiger partial charge < -0.3 is 10.6 Å². The fourth-order valence-electron chi connectivity index (χ4n) is 2.94. The molecule has 3 rings (SSSR count). The predicted octanol–water partition coefficient (Wildman–Crippen LogP) is 4.40. The first-order valence-corrected chi connectivity index (χ1v) is 9.66. The van der Waals surface area contributed by atoms with Crippen molar-refractivity contribution in [2.45, 2.75) is 26.3 Å². The number of hydrogen-bond acceptors (Lipinski definition) is 3. The lowest BCUT2D eigenvalue weighted by atomic mass is 10.0. The maximum Gasteiger partial charge on any atom is 0.251 e. The highest BCUT2D eigenvalue weighted by Crippen LogP contribution is 2.22. The molecule has 2 amide bonds. The molecule has 1 aromatic heterocycles. The number of benzene rings is 2. The molecule has 3 aromatic rings. The summed E-state index contributed by atoms with van der Waals surface area (Å²) < 4.78 is 0. The topological polar surface area (TPSA) is 58.2 Å². The molecule has 2 aromatic carbocycles. The van der Waals surface area contributed by atoms with Gasteiger partial charge in [-0.3, -0.25) is 9.59 Å². The standard InChI is InChI=1S/C22H22N2O2S/c1-15-8-6-9-16(2)20(15)24-22(26)21(17-10-4-3-5-11-17)23-19(25)14-18-12-7-13-27-18/h3-13,21H,14H2,1-2H3,(H,23,25)(H,24,26)/t21-/m1/s1. The normalized spacial score (nSPS) is 11.6. The number of nitrogens with one attached hydrogen (secondary N) is 2. The van der Waals surface area contributed by atoms with Crippen LogP contribution < -0.4 is 10.6 Å². The Labute approximate surface area is 163 Å². The molecule has 0 aliphatic rings. The Bertz CT molecular complexity index is 901. The van der Waals surface area contributed by atoms with E-state index in [1.807, 2.05) is 79.9 Å². The molecule has 5 heteroatoms. The number of thiophene rings is 1. The van der Waals surface area contributed by atoms with Crippen molar-refractivity contribution >= 4 is 28.8 Å². The Morgan fingerprint density at radius 1 is 0.926 bits per heavy atom. The molecule has 0 saturated heterocycles. The maximum atomic E-state index is 13.0. The summed E-state index contributed by atoms with van der Waals surface area (Å²) in [5, 5.41) is 7.81. The average molecular weight is 378 g/mol. The molecule has 0 spiro atoms. The van der Waals surface area contributed by atoms with Gasteiger partial charge in [-0.2, -0.15) is 0 Å². The van der Waals surface area contributed by atoms with Crippen LogP contribution in [0.3, 0.4) is 0 Å². The quantitative estimate of drug-likeness (QED) is 0.668. The minimum Gasteiger partial charge on any atom is -0.340 e. The van der Waals surface area contributed by atoms with E-state index in [2.05, 4.69) is 10.6 Å². The first kappa shape index (κ1) is 18.9. The lowest BCUT2D eigenvalue weighted by Crippen LogP contribution is -2.37. The summed E-state index contributed by atoms with van der Waals surface area (Å²) in [5.41, 5.74) is 3.51. The zero-order chi connectivity index (χ0) is 19.2. The second-order valence-electron chi connectivity index (χ2n) is 6.42. The van der Waals surface area contributed by atoms with Gasteiger partial charge in [-0.25, -0.2) is 0 Å². The van der Waals surface area contributed by atoms with Crippen molar-refractivity contribution in [1.82, 2.24) is 5.32 Å². The number of aryl methyl sites for hydroxylation is 2. The molecule has 0 saturated carbocycles. The van der Waals surface area contributed by atoms with Gasteiger partial charge in [0.15, 0.2) is 0 Å². The van der Waals surface area contributed by atoms with Crippen LogP contribution >= 0.6 is 11.3 Å². The second-order valence-corrected chi connectivity index (χ2v) is 7.46. The van der Waals surface area contributed by atoms with Gasteiger partial charge in [-0.1, -0.05) is 54.6 Å². The van der Waals surface area contributed by atoms with Crippen LogP contribution in [-0.4, -0.2) is 11.8 Å². The smallest absolute Gasteiger partial charge is 0.251 e. The lowest BCUT2D eigenvalue weighted by molar-refractivity contribution is -0.126. The number of para-hydroxylation sites is 1. The molecule has 0 radical (unpaired) electrons. The van der Waals surface area contributed by atoms with Gasteiger partial charge >= 0.3 is 0 Å². The molecule has 27 heavy (non-hydrogen) atoms. The van der Waals surface area contributed by atoms with Crippen molar-refractivity contribution in [1.29, 1.82) is 0 Å². The van der Waals surface area contributed by atoms with E-state index in [1.54, 1.807) is 0 Å². The Morgan fingerprint density at radius 2 is 1.63 bits per heavy atom. The van der Waals surface area contributed by atoms with Crippen LogP contribution in [0.25, 0.3) is 0 Å². The molecule has 0 aliphatic carbocycles. The highest BCUT2D eigenvalue weighted by molar-refractivity contribution is 7.10. The fourth-order valence-corrected chi connectivity index (χ4v) is 3.64. The van der Waals surface area contributed by atoms with Crippen molar-refractivity contribution in [3.63, 3.8) is 0 Å². The Kier molecular flexibility index (Phi) is 6.04. The van der Waals surface area contributed by atoms with Gasteiger partial charge in [0.05, 0.1) is 6.42 Å². The predicted molar refractivity (Wildman–Crippen MR) is 110 cm³/mol. The fraction of sp³-hybridized carbons (Fsp3) is 0.182. The summed E-state index contributed by atoms with van der Waals surface area (Å²) in [5.74, 6) is -0.430. The highest BCUT2D eigenvalue weighted by atomic mass is 32.1. The zero-order valence-electron chi connectivity index (χ0n) is 15.4. The van der Waals surface area contributed by atoms with E-state index in [9.17, 15) is 9.59 Å². The van der Waals surface area contributed by atoms with Crippen molar-refractivity contribution < 1.29 is 9.59 Å².